The minimum Gasteiger partial charge on any atom is -0.452 e. The number of rotatable bonds is 7. The highest BCUT2D eigenvalue weighted by molar-refractivity contribution is 5.97. The van der Waals surface area contributed by atoms with Crippen molar-refractivity contribution in [3.05, 3.63) is 71.3 Å². The number of carbonyl (C=O) groups excluding carboxylic acids is 3. The van der Waals surface area contributed by atoms with Crippen LogP contribution in [0.2, 0.25) is 0 Å². The van der Waals surface area contributed by atoms with Crippen LogP contribution in [0, 0.1) is 0 Å². The Bertz CT molecular complexity index is 816. The highest BCUT2D eigenvalue weighted by Gasteiger charge is 2.24. The Balaban J connectivity index is 1.51. The van der Waals surface area contributed by atoms with E-state index in [9.17, 15) is 14.4 Å². The summed E-state index contributed by atoms with van der Waals surface area (Å²) in [6.07, 6.45) is 3.34. The molecule has 2 aromatic carbocycles. The Morgan fingerprint density at radius 1 is 0.926 bits per heavy atom. The summed E-state index contributed by atoms with van der Waals surface area (Å²) in [5, 5.41) is 4.79. The molecule has 0 spiro atoms. The number of aryl methyl sites for hydroxylation is 2. The second-order valence-electron chi connectivity index (χ2n) is 6.51. The Labute approximate surface area is 157 Å². The van der Waals surface area contributed by atoms with E-state index in [-0.39, 0.29) is 6.04 Å². The van der Waals surface area contributed by atoms with Crippen molar-refractivity contribution in [3.63, 3.8) is 0 Å². The van der Waals surface area contributed by atoms with Gasteiger partial charge in [0.1, 0.15) is 0 Å². The van der Waals surface area contributed by atoms with E-state index in [1.165, 1.54) is 5.56 Å². The van der Waals surface area contributed by atoms with E-state index in [1.54, 1.807) is 12.1 Å². The molecule has 1 saturated carbocycles. The highest BCUT2D eigenvalue weighted by atomic mass is 16.5. The summed E-state index contributed by atoms with van der Waals surface area (Å²) < 4.78 is 5.07. The van der Waals surface area contributed by atoms with E-state index < -0.39 is 24.5 Å². The summed E-state index contributed by atoms with van der Waals surface area (Å²) in [6, 6.07) is 16.8. The highest BCUT2D eigenvalue weighted by Crippen LogP contribution is 2.18. The van der Waals surface area contributed by atoms with Crippen LogP contribution >= 0.6 is 0 Å². The zero-order valence-electron chi connectivity index (χ0n) is 14.9. The van der Waals surface area contributed by atoms with Gasteiger partial charge >= 0.3 is 12.0 Å². The fourth-order valence-electron chi connectivity index (χ4n) is 2.68. The minimum atomic E-state index is -0.650. The topological polar surface area (TPSA) is 84.5 Å². The van der Waals surface area contributed by atoms with Crippen molar-refractivity contribution in [1.29, 1.82) is 0 Å². The number of benzene rings is 2. The fourth-order valence-corrected chi connectivity index (χ4v) is 2.68. The molecule has 0 heterocycles. The second kappa shape index (κ2) is 8.98. The quantitative estimate of drug-likeness (QED) is 0.738. The molecule has 0 saturated heterocycles. The first-order chi connectivity index (χ1) is 13.1. The molecule has 1 fully saturated rings. The van der Waals surface area contributed by atoms with Crippen LogP contribution in [-0.4, -0.2) is 30.6 Å². The molecular formula is C21H22N2O4. The predicted molar refractivity (Wildman–Crippen MR) is 100 cm³/mol. The number of carbonyl (C=O) groups is 3. The van der Waals surface area contributed by atoms with E-state index >= 15 is 0 Å². The average Bonchev–Trinajstić information content (AvgIpc) is 3.49. The van der Waals surface area contributed by atoms with Crippen LogP contribution in [-0.2, 0) is 22.4 Å². The van der Waals surface area contributed by atoms with Gasteiger partial charge in [-0.05, 0) is 42.9 Å². The van der Waals surface area contributed by atoms with Crippen molar-refractivity contribution >= 4 is 17.9 Å². The van der Waals surface area contributed by atoms with E-state index in [1.807, 2.05) is 42.5 Å². The smallest absolute Gasteiger partial charge is 0.338 e. The molecule has 0 aromatic heterocycles. The van der Waals surface area contributed by atoms with E-state index in [0.29, 0.717) is 12.0 Å². The third-order valence-corrected chi connectivity index (χ3v) is 4.26. The molecule has 0 aliphatic heterocycles. The fraction of sp³-hybridized carbons (Fsp3) is 0.286. The average molecular weight is 366 g/mol. The van der Waals surface area contributed by atoms with Gasteiger partial charge in [0.25, 0.3) is 5.91 Å². The van der Waals surface area contributed by atoms with Gasteiger partial charge in [-0.2, -0.15) is 0 Å². The molecule has 2 N–H and O–H groups in total. The van der Waals surface area contributed by atoms with Crippen LogP contribution in [0.5, 0.6) is 0 Å². The molecule has 3 rings (SSSR count). The van der Waals surface area contributed by atoms with Gasteiger partial charge in [0.2, 0.25) is 0 Å². The van der Waals surface area contributed by atoms with Gasteiger partial charge in [0.15, 0.2) is 6.61 Å². The number of hydrogen-bond acceptors (Lipinski definition) is 4. The number of ether oxygens (including phenoxy) is 1. The molecule has 6 nitrogen and oxygen atoms in total. The van der Waals surface area contributed by atoms with Crippen molar-refractivity contribution in [1.82, 2.24) is 10.6 Å². The molecule has 0 atom stereocenters. The minimum absolute atomic E-state index is 0.150. The second-order valence-corrected chi connectivity index (χ2v) is 6.51. The standard InChI is InChI=1S/C21H22N2O4/c24-19(23-21(26)22-17-12-13-17)14-27-20(25)18-9-5-4-8-16(18)11-10-15-6-2-1-3-7-15/h1-9,17H,10-14H2,(H2,22,23,24,26). The number of hydrogen-bond donors (Lipinski definition) is 2. The third-order valence-electron chi connectivity index (χ3n) is 4.26. The monoisotopic (exact) mass is 366 g/mol. The zero-order valence-corrected chi connectivity index (χ0v) is 14.9. The first-order valence-corrected chi connectivity index (χ1v) is 9.01. The summed E-state index contributed by atoms with van der Waals surface area (Å²) >= 11 is 0. The van der Waals surface area contributed by atoms with Crippen molar-refractivity contribution in [2.24, 2.45) is 0 Å². The van der Waals surface area contributed by atoms with E-state index in [4.69, 9.17) is 4.74 Å². The molecule has 27 heavy (non-hydrogen) atoms. The largest absolute Gasteiger partial charge is 0.452 e. The van der Waals surface area contributed by atoms with Crippen LogP contribution in [0.15, 0.2) is 54.6 Å². The lowest BCUT2D eigenvalue weighted by Gasteiger charge is -2.10. The van der Waals surface area contributed by atoms with Crippen molar-refractivity contribution in [2.75, 3.05) is 6.61 Å². The van der Waals surface area contributed by atoms with E-state index in [0.717, 1.165) is 24.8 Å². The Hall–Kier alpha value is -3.15. The summed E-state index contributed by atoms with van der Waals surface area (Å²) in [6.45, 7) is -0.496. The van der Waals surface area contributed by atoms with Crippen LogP contribution in [0.4, 0.5) is 4.79 Å². The molecule has 6 heteroatoms. The Kier molecular flexibility index (Phi) is 6.20. The molecular weight excluding hydrogens is 344 g/mol. The van der Waals surface area contributed by atoms with Crippen LogP contribution < -0.4 is 10.6 Å². The van der Waals surface area contributed by atoms with Gasteiger partial charge in [-0.25, -0.2) is 9.59 Å². The molecule has 140 valence electrons. The lowest BCUT2D eigenvalue weighted by molar-refractivity contribution is -0.123. The SMILES string of the molecule is O=C(COC(=O)c1ccccc1CCc1ccccc1)NC(=O)NC1CC1. The van der Waals surface area contributed by atoms with Crippen LogP contribution in [0.25, 0.3) is 0 Å². The van der Waals surface area contributed by atoms with Crippen molar-refractivity contribution in [2.45, 2.75) is 31.7 Å². The maximum Gasteiger partial charge on any atom is 0.338 e. The number of amides is 3. The first kappa shape index (κ1) is 18.6. The molecule has 3 amide bonds. The molecule has 0 unspecified atom stereocenters. The van der Waals surface area contributed by atoms with Gasteiger partial charge in [-0.1, -0.05) is 48.5 Å². The summed E-state index contributed by atoms with van der Waals surface area (Å²) in [4.78, 5) is 35.6. The summed E-state index contributed by atoms with van der Waals surface area (Å²) in [5.41, 5.74) is 2.48. The summed E-state index contributed by atoms with van der Waals surface area (Å²) in [5.74, 6) is -1.22. The normalized spacial score (nSPS) is 12.9. The summed E-state index contributed by atoms with van der Waals surface area (Å²) in [7, 11) is 0. The van der Waals surface area contributed by atoms with Gasteiger partial charge in [0, 0.05) is 6.04 Å². The van der Waals surface area contributed by atoms with Gasteiger partial charge in [0.05, 0.1) is 5.56 Å². The predicted octanol–water partition coefficient (Wildman–Crippen LogP) is 2.62. The lowest BCUT2D eigenvalue weighted by Crippen LogP contribution is -2.42. The van der Waals surface area contributed by atoms with Gasteiger partial charge < -0.3 is 10.1 Å². The van der Waals surface area contributed by atoms with Crippen LogP contribution in [0.3, 0.4) is 0 Å². The number of esters is 1. The molecule has 1 aliphatic carbocycles. The zero-order chi connectivity index (χ0) is 19.1. The van der Waals surface area contributed by atoms with Crippen molar-refractivity contribution in [3.8, 4) is 0 Å². The Morgan fingerprint density at radius 2 is 1.63 bits per heavy atom. The molecule has 1 aliphatic rings. The molecule has 2 aromatic rings. The van der Waals surface area contributed by atoms with Crippen LogP contribution in [0.1, 0.15) is 34.3 Å². The maximum absolute atomic E-state index is 12.4. The Morgan fingerprint density at radius 3 is 2.37 bits per heavy atom. The number of urea groups is 1. The van der Waals surface area contributed by atoms with Gasteiger partial charge in [-0.3, -0.25) is 10.1 Å². The molecule has 0 bridgehead atoms. The lowest BCUT2D eigenvalue weighted by atomic mass is 10.00. The van der Waals surface area contributed by atoms with Gasteiger partial charge in [-0.15, -0.1) is 0 Å². The number of nitrogens with one attached hydrogen (secondary N) is 2. The first-order valence-electron chi connectivity index (χ1n) is 9.01. The van der Waals surface area contributed by atoms with Crippen molar-refractivity contribution < 1.29 is 19.1 Å². The van der Waals surface area contributed by atoms with E-state index in [2.05, 4.69) is 10.6 Å². The molecule has 0 radical (unpaired) electrons. The maximum atomic E-state index is 12.4. The third kappa shape index (κ3) is 5.95. The number of imide groups is 1.